The fraction of sp³-hybridized carbons (Fsp3) is 0.455. The molecule has 0 saturated carbocycles. The van der Waals surface area contributed by atoms with Crippen molar-refractivity contribution in [3.63, 3.8) is 0 Å². The lowest BCUT2D eigenvalue weighted by molar-refractivity contribution is 0.574. The molecule has 0 aromatic heterocycles. The van der Waals surface area contributed by atoms with Crippen LogP contribution in [0.5, 0.6) is 0 Å². The van der Waals surface area contributed by atoms with Crippen molar-refractivity contribution in [3.8, 4) is 0 Å². The first-order chi connectivity index (χ1) is 5.77. The van der Waals surface area contributed by atoms with Crippen molar-refractivity contribution in [1.82, 2.24) is 0 Å². The molecule has 1 heteroatoms. The Morgan fingerprint density at radius 3 is 3.08 bits per heavy atom. The summed E-state index contributed by atoms with van der Waals surface area (Å²) in [6.45, 7) is 2.18. The first-order valence-electron chi connectivity index (χ1n) is 4.60. The molecule has 0 unspecified atom stereocenters. The van der Waals surface area contributed by atoms with Crippen molar-refractivity contribution < 1.29 is 0 Å². The molecule has 12 heavy (non-hydrogen) atoms. The summed E-state index contributed by atoms with van der Waals surface area (Å²) in [5, 5.41) is 0. The Labute approximate surface area is 73.6 Å². The molecular weight excluding hydrogens is 146 g/mol. The SMILES string of the molecule is Cc1cccc2c1C[C@@H](N)CC2. The van der Waals surface area contributed by atoms with E-state index in [0.717, 1.165) is 19.3 Å². The van der Waals surface area contributed by atoms with Gasteiger partial charge in [-0.15, -0.1) is 0 Å². The monoisotopic (exact) mass is 161 g/mol. The first-order valence-corrected chi connectivity index (χ1v) is 4.60. The standard InChI is InChI=1S/C11H15N/c1-8-3-2-4-9-5-6-10(12)7-11(8)9/h2-4,10H,5-7,12H2,1H3/t10-/m0/s1. The molecule has 1 atom stereocenters. The van der Waals surface area contributed by atoms with Gasteiger partial charge in [0.2, 0.25) is 0 Å². The summed E-state index contributed by atoms with van der Waals surface area (Å²) < 4.78 is 0. The lowest BCUT2D eigenvalue weighted by atomic mass is 9.86. The van der Waals surface area contributed by atoms with Crippen molar-refractivity contribution >= 4 is 0 Å². The van der Waals surface area contributed by atoms with Crippen LogP contribution in [0.25, 0.3) is 0 Å². The average molecular weight is 161 g/mol. The number of rotatable bonds is 0. The highest BCUT2D eigenvalue weighted by Gasteiger charge is 2.15. The Kier molecular flexibility index (Phi) is 1.89. The summed E-state index contributed by atoms with van der Waals surface area (Å²) in [6.07, 6.45) is 3.39. The van der Waals surface area contributed by atoms with Crippen LogP contribution in [0.1, 0.15) is 23.1 Å². The largest absolute Gasteiger partial charge is 0.327 e. The lowest BCUT2D eigenvalue weighted by Crippen LogP contribution is -2.28. The summed E-state index contributed by atoms with van der Waals surface area (Å²) in [7, 11) is 0. The molecule has 0 heterocycles. The van der Waals surface area contributed by atoms with Crippen LogP contribution in [-0.2, 0) is 12.8 Å². The minimum atomic E-state index is 0.388. The Morgan fingerprint density at radius 2 is 2.25 bits per heavy atom. The van der Waals surface area contributed by atoms with Crippen molar-refractivity contribution in [2.24, 2.45) is 5.73 Å². The van der Waals surface area contributed by atoms with E-state index in [-0.39, 0.29) is 0 Å². The van der Waals surface area contributed by atoms with Crippen LogP contribution in [0.3, 0.4) is 0 Å². The zero-order valence-corrected chi connectivity index (χ0v) is 7.51. The Bertz CT molecular complexity index is 291. The van der Waals surface area contributed by atoms with E-state index in [9.17, 15) is 0 Å². The van der Waals surface area contributed by atoms with Gasteiger partial charge in [0.05, 0.1) is 0 Å². The third-order valence-electron chi connectivity index (χ3n) is 2.76. The molecule has 0 saturated heterocycles. The highest BCUT2D eigenvalue weighted by atomic mass is 14.6. The maximum Gasteiger partial charge on any atom is 0.00826 e. The zero-order chi connectivity index (χ0) is 8.55. The average Bonchev–Trinajstić information content (AvgIpc) is 2.07. The van der Waals surface area contributed by atoms with Gasteiger partial charge in [-0.05, 0) is 42.9 Å². The van der Waals surface area contributed by atoms with E-state index in [4.69, 9.17) is 5.73 Å². The van der Waals surface area contributed by atoms with Gasteiger partial charge >= 0.3 is 0 Å². The quantitative estimate of drug-likeness (QED) is 0.617. The van der Waals surface area contributed by atoms with Crippen molar-refractivity contribution in [2.75, 3.05) is 0 Å². The van der Waals surface area contributed by atoms with E-state index in [1.807, 2.05) is 0 Å². The molecule has 64 valence electrons. The van der Waals surface area contributed by atoms with E-state index in [1.165, 1.54) is 16.7 Å². The number of hydrogen-bond acceptors (Lipinski definition) is 1. The van der Waals surface area contributed by atoms with Crippen LogP contribution in [0, 0.1) is 6.92 Å². The second kappa shape index (κ2) is 2.91. The predicted molar refractivity (Wildman–Crippen MR) is 51.2 cm³/mol. The molecule has 1 aromatic rings. The molecule has 2 N–H and O–H groups in total. The molecule has 0 radical (unpaired) electrons. The summed E-state index contributed by atoms with van der Waals surface area (Å²) in [5.41, 5.74) is 10.3. The molecule has 0 aliphatic heterocycles. The summed E-state index contributed by atoms with van der Waals surface area (Å²) >= 11 is 0. The molecule has 0 fully saturated rings. The lowest BCUT2D eigenvalue weighted by Gasteiger charge is -2.22. The van der Waals surface area contributed by atoms with Gasteiger partial charge in [-0.25, -0.2) is 0 Å². The summed E-state index contributed by atoms with van der Waals surface area (Å²) in [5.74, 6) is 0. The topological polar surface area (TPSA) is 26.0 Å². The van der Waals surface area contributed by atoms with Crippen molar-refractivity contribution in [2.45, 2.75) is 32.2 Å². The minimum absolute atomic E-state index is 0.388. The minimum Gasteiger partial charge on any atom is -0.327 e. The Balaban J connectivity index is 2.43. The molecule has 1 aliphatic rings. The number of hydrogen-bond donors (Lipinski definition) is 1. The van der Waals surface area contributed by atoms with Gasteiger partial charge in [0.15, 0.2) is 0 Å². The molecule has 1 aromatic carbocycles. The van der Waals surface area contributed by atoms with Gasteiger partial charge in [0.1, 0.15) is 0 Å². The van der Waals surface area contributed by atoms with Crippen LogP contribution in [0.2, 0.25) is 0 Å². The summed E-state index contributed by atoms with van der Waals surface area (Å²) in [6, 6.07) is 6.94. The molecule has 2 rings (SSSR count). The number of benzene rings is 1. The van der Waals surface area contributed by atoms with E-state index < -0.39 is 0 Å². The van der Waals surface area contributed by atoms with Crippen LogP contribution >= 0.6 is 0 Å². The van der Waals surface area contributed by atoms with Gasteiger partial charge in [0, 0.05) is 6.04 Å². The zero-order valence-electron chi connectivity index (χ0n) is 7.51. The van der Waals surface area contributed by atoms with Gasteiger partial charge < -0.3 is 5.73 Å². The predicted octanol–water partition coefficient (Wildman–Crippen LogP) is 1.81. The fourth-order valence-electron chi connectivity index (χ4n) is 1.99. The molecular formula is C11H15N. The van der Waals surface area contributed by atoms with Gasteiger partial charge in [-0.1, -0.05) is 18.2 Å². The number of fused-ring (bicyclic) bond motifs is 1. The van der Waals surface area contributed by atoms with Crippen molar-refractivity contribution in [1.29, 1.82) is 0 Å². The second-order valence-electron chi connectivity index (χ2n) is 3.72. The smallest absolute Gasteiger partial charge is 0.00826 e. The number of aryl methyl sites for hydroxylation is 2. The van der Waals surface area contributed by atoms with Gasteiger partial charge in [0.25, 0.3) is 0 Å². The summed E-state index contributed by atoms with van der Waals surface area (Å²) in [4.78, 5) is 0. The first kappa shape index (κ1) is 7.81. The molecule has 0 bridgehead atoms. The maximum absolute atomic E-state index is 5.92. The molecule has 0 spiro atoms. The maximum atomic E-state index is 5.92. The van der Waals surface area contributed by atoms with Gasteiger partial charge in [-0.2, -0.15) is 0 Å². The molecule has 0 amide bonds. The number of nitrogens with two attached hydrogens (primary N) is 1. The highest BCUT2D eigenvalue weighted by Crippen LogP contribution is 2.23. The van der Waals surface area contributed by atoms with Crippen LogP contribution in [0.4, 0.5) is 0 Å². The van der Waals surface area contributed by atoms with E-state index in [0.29, 0.717) is 6.04 Å². The molecule has 1 aliphatic carbocycles. The third-order valence-corrected chi connectivity index (χ3v) is 2.76. The Hall–Kier alpha value is -0.820. The van der Waals surface area contributed by atoms with Crippen molar-refractivity contribution in [3.05, 3.63) is 34.9 Å². The molecule has 1 nitrogen and oxygen atoms in total. The van der Waals surface area contributed by atoms with Gasteiger partial charge in [-0.3, -0.25) is 0 Å². The second-order valence-corrected chi connectivity index (χ2v) is 3.72. The van der Waals surface area contributed by atoms with E-state index in [2.05, 4.69) is 25.1 Å². The van der Waals surface area contributed by atoms with Crippen LogP contribution < -0.4 is 5.73 Å². The normalized spacial score (nSPS) is 22.0. The van der Waals surface area contributed by atoms with E-state index in [1.54, 1.807) is 0 Å². The Morgan fingerprint density at radius 1 is 1.42 bits per heavy atom. The van der Waals surface area contributed by atoms with E-state index >= 15 is 0 Å². The van der Waals surface area contributed by atoms with Crippen LogP contribution in [-0.4, -0.2) is 6.04 Å². The highest BCUT2D eigenvalue weighted by molar-refractivity contribution is 5.36. The third kappa shape index (κ3) is 1.25. The van der Waals surface area contributed by atoms with Crippen LogP contribution in [0.15, 0.2) is 18.2 Å². The fourth-order valence-corrected chi connectivity index (χ4v) is 1.99.